The Labute approximate surface area is 88.3 Å². The summed E-state index contributed by atoms with van der Waals surface area (Å²) in [4.78, 5) is 22.1. The number of nitrogens with zero attached hydrogens (tertiary/aromatic N) is 1. The van der Waals surface area contributed by atoms with E-state index in [1.807, 2.05) is 0 Å². The Morgan fingerprint density at radius 2 is 2.29 bits per heavy atom. The average molecular weight is 261 g/mol. The number of aromatic nitrogens is 1. The van der Waals surface area contributed by atoms with Crippen LogP contribution in [0.5, 0.6) is 0 Å². The van der Waals surface area contributed by atoms with Gasteiger partial charge in [0, 0.05) is 23.8 Å². The summed E-state index contributed by atoms with van der Waals surface area (Å²) in [7, 11) is 0. The highest BCUT2D eigenvalue weighted by molar-refractivity contribution is 9.10. The van der Waals surface area contributed by atoms with Crippen molar-refractivity contribution in [1.29, 1.82) is 0 Å². The number of rotatable bonds is 3. The highest BCUT2D eigenvalue weighted by atomic mass is 79.9. The molecule has 0 saturated carbocycles. The second kappa shape index (κ2) is 4.39. The first-order valence-corrected chi connectivity index (χ1v) is 4.69. The van der Waals surface area contributed by atoms with E-state index in [1.54, 1.807) is 0 Å². The lowest BCUT2D eigenvalue weighted by molar-refractivity contribution is 0.0694. The Balaban J connectivity index is 3.32. The van der Waals surface area contributed by atoms with Crippen molar-refractivity contribution >= 4 is 21.9 Å². The number of nitrogens with two attached hydrogens (primary N) is 1. The molecule has 5 nitrogen and oxygen atoms in total. The molecule has 6 heteroatoms. The van der Waals surface area contributed by atoms with Crippen LogP contribution in [0.1, 0.15) is 10.4 Å². The van der Waals surface area contributed by atoms with E-state index < -0.39 is 11.5 Å². The number of carboxylic acids is 1. The van der Waals surface area contributed by atoms with Gasteiger partial charge in [-0.2, -0.15) is 0 Å². The molecule has 0 aromatic carbocycles. The van der Waals surface area contributed by atoms with Crippen LogP contribution in [0.15, 0.2) is 21.5 Å². The maximum Gasteiger partial charge on any atom is 0.341 e. The predicted molar refractivity (Wildman–Crippen MR) is 54.4 cm³/mol. The molecule has 0 aliphatic heterocycles. The molecule has 0 aliphatic carbocycles. The number of carboxylic acid groups (broad SMARTS) is 1. The highest BCUT2D eigenvalue weighted by Crippen LogP contribution is 2.08. The van der Waals surface area contributed by atoms with Crippen LogP contribution in [-0.4, -0.2) is 22.2 Å². The van der Waals surface area contributed by atoms with E-state index in [1.165, 1.54) is 16.8 Å². The van der Waals surface area contributed by atoms with Crippen molar-refractivity contribution in [2.75, 3.05) is 6.54 Å². The first-order chi connectivity index (χ1) is 6.56. The number of hydrogen-bond donors (Lipinski definition) is 2. The van der Waals surface area contributed by atoms with Gasteiger partial charge in [-0.1, -0.05) is 0 Å². The molecule has 1 aromatic rings. The third-order valence-corrected chi connectivity index (χ3v) is 2.09. The molecule has 0 fully saturated rings. The van der Waals surface area contributed by atoms with Crippen LogP contribution in [0, 0.1) is 0 Å². The van der Waals surface area contributed by atoms with Gasteiger partial charge in [0.25, 0.3) is 5.56 Å². The van der Waals surface area contributed by atoms with Crippen molar-refractivity contribution < 1.29 is 9.90 Å². The first kappa shape index (κ1) is 10.9. The van der Waals surface area contributed by atoms with Crippen molar-refractivity contribution in [1.82, 2.24) is 4.57 Å². The van der Waals surface area contributed by atoms with Crippen molar-refractivity contribution in [2.24, 2.45) is 5.73 Å². The van der Waals surface area contributed by atoms with Crippen molar-refractivity contribution in [3.8, 4) is 0 Å². The maximum absolute atomic E-state index is 11.5. The minimum absolute atomic E-state index is 0.257. The van der Waals surface area contributed by atoms with Gasteiger partial charge in [-0.15, -0.1) is 0 Å². The number of carbonyl (C=O) groups is 1. The van der Waals surface area contributed by atoms with E-state index in [0.717, 1.165) is 0 Å². The van der Waals surface area contributed by atoms with E-state index in [-0.39, 0.29) is 12.1 Å². The van der Waals surface area contributed by atoms with Gasteiger partial charge >= 0.3 is 5.97 Å². The molecule has 1 aromatic heterocycles. The number of halogens is 1. The molecule has 1 rings (SSSR count). The minimum atomic E-state index is -1.23. The number of hydrogen-bond acceptors (Lipinski definition) is 3. The second-order valence-electron chi connectivity index (χ2n) is 2.66. The molecular formula is C8H9BrN2O3. The van der Waals surface area contributed by atoms with Gasteiger partial charge < -0.3 is 15.4 Å². The van der Waals surface area contributed by atoms with Gasteiger partial charge in [0.1, 0.15) is 5.56 Å². The van der Waals surface area contributed by atoms with Crippen LogP contribution in [0.4, 0.5) is 0 Å². The van der Waals surface area contributed by atoms with Gasteiger partial charge in [0.15, 0.2) is 0 Å². The fourth-order valence-electron chi connectivity index (χ4n) is 1.06. The van der Waals surface area contributed by atoms with Crippen LogP contribution in [-0.2, 0) is 6.54 Å². The smallest absolute Gasteiger partial charge is 0.341 e. The Morgan fingerprint density at radius 1 is 1.64 bits per heavy atom. The predicted octanol–water partition coefficient (Wildman–Crippen LogP) is 0.268. The van der Waals surface area contributed by atoms with Gasteiger partial charge in [-0.3, -0.25) is 4.79 Å². The standard InChI is InChI=1S/C8H9BrN2O3/c9-5-3-6(8(13)14)7(12)11(4-5)2-1-10/h3-4H,1-2,10H2,(H,13,14). The summed E-state index contributed by atoms with van der Waals surface area (Å²) in [5.74, 6) is -1.23. The molecule has 0 saturated heterocycles. The summed E-state index contributed by atoms with van der Waals surface area (Å²) in [5, 5.41) is 8.72. The maximum atomic E-state index is 11.5. The zero-order valence-corrected chi connectivity index (χ0v) is 8.82. The third-order valence-electron chi connectivity index (χ3n) is 1.65. The monoisotopic (exact) mass is 260 g/mol. The fraction of sp³-hybridized carbons (Fsp3) is 0.250. The summed E-state index contributed by atoms with van der Waals surface area (Å²) in [6.45, 7) is 0.591. The zero-order valence-electron chi connectivity index (χ0n) is 7.24. The van der Waals surface area contributed by atoms with Crippen molar-refractivity contribution in [3.63, 3.8) is 0 Å². The van der Waals surface area contributed by atoms with E-state index >= 15 is 0 Å². The van der Waals surface area contributed by atoms with Crippen LogP contribution < -0.4 is 11.3 Å². The molecule has 0 bridgehead atoms. The molecule has 0 atom stereocenters. The molecule has 0 amide bonds. The molecule has 3 N–H and O–H groups in total. The van der Waals surface area contributed by atoms with Crippen LogP contribution >= 0.6 is 15.9 Å². The van der Waals surface area contributed by atoms with E-state index in [0.29, 0.717) is 11.0 Å². The van der Waals surface area contributed by atoms with E-state index in [9.17, 15) is 9.59 Å². The normalized spacial score (nSPS) is 10.1. The Hall–Kier alpha value is -1.14. The SMILES string of the molecule is NCCn1cc(Br)cc(C(=O)O)c1=O. The Morgan fingerprint density at radius 3 is 2.79 bits per heavy atom. The average Bonchev–Trinajstić information content (AvgIpc) is 2.10. The quantitative estimate of drug-likeness (QED) is 0.817. The zero-order chi connectivity index (χ0) is 10.7. The lowest BCUT2D eigenvalue weighted by atomic mass is 10.3. The van der Waals surface area contributed by atoms with Crippen LogP contribution in [0.3, 0.4) is 0 Å². The van der Waals surface area contributed by atoms with Crippen molar-refractivity contribution in [3.05, 3.63) is 32.7 Å². The molecule has 0 unspecified atom stereocenters. The topological polar surface area (TPSA) is 85.3 Å². The largest absolute Gasteiger partial charge is 0.477 e. The third kappa shape index (κ3) is 2.21. The molecule has 14 heavy (non-hydrogen) atoms. The Kier molecular flexibility index (Phi) is 3.43. The summed E-state index contributed by atoms with van der Waals surface area (Å²) in [6.07, 6.45) is 1.52. The van der Waals surface area contributed by atoms with Crippen LogP contribution in [0.25, 0.3) is 0 Å². The molecule has 0 spiro atoms. The first-order valence-electron chi connectivity index (χ1n) is 3.89. The fourth-order valence-corrected chi connectivity index (χ4v) is 1.53. The van der Waals surface area contributed by atoms with Crippen molar-refractivity contribution in [2.45, 2.75) is 6.54 Å². The molecule has 1 heterocycles. The molecule has 76 valence electrons. The second-order valence-corrected chi connectivity index (χ2v) is 3.58. The molecular weight excluding hydrogens is 252 g/mol. The summed E-state index contributed by atoms with van der Waals surface area (Å²) in [5.41, 5.74) is 4.49. The summed E-state index contributed by atoms with van der Waals surface area (Å²) >= 11 is 3.12. The van der Waals surface area contributed by atoms with Gasteiger partial charge in [-0.05, 0) is 22.0 Å². The van der Waals surface area contributed by atoms with Gasteiger partial charge in [-0.25, -0.2) is 4.79 Å². The lowest BCUT2D eigenvalue weighted by Gasteiger charge is -2.05. The van der Waals surface area contributed by atoms with Gasteiger partial charge in [0.2, 0.25) is 0 Å². The number of aromatic carboxylic acids is 1. The van der Waals surface area contributed by atoms with Gasteiger partial charge in [0.05, 0.1) is 0 Å². The Bertz CT molecular complexity index is 414. The highest BCUT2D eigenvalue weighted by Gasteiger charge is 2.11. The molecule has 0 radical (unpaired) electrons. The summed E-state index contributed by atoms with van der Waals surface area (Å²) < 4.78 is 1.82. The number of pyridine rings is 1. The lowest BCUT2D eigenvalue weighted by Crippen LogP contribution is -2.28. The summed E-state index contributed by atoms with van der Waals surface area (Å²) in [6, 6.07) is 1.28. The van der Waals surface area contributed by atoms with E-state index in [4.69, 9.17) is 10.8 Å². The molecule has 0 aliphatic rings. The minimum Gasteiger partial charge on any atom is -0.477 e. The van der Waals surface area contributed by atoms with E-state index in [2.05, 4.69) is 15.9 Å². The van der Waals surface area contributed by atoms with Crippen LogP contribution in [0.2, 0.25) is 0 Å².